The number of hydrogen-bond donors (Lipinski definition) is 2. The number of benzene rings is 1. The molecule has 3 N–H and O–H groups in total. The highest BCUT2D eigenvalue weighted by atomic mass is 16.5. The molecule has 0 saturated carbocycles. The summed E-state index contributed by atoms with van der Waals surface area (Å²) in [4.78, 5) is 8.11. The molecule has 0 spiro atoms. The maximum absolute atomic E-state index is 5.58. The molecule has 2 aromatic rings. The number of methoxy groups -OCH3 is 1. The lowest BCUT2D eigenvalue weighted by Crippen LogP contribution is -2.02. The topological polar surface area (TPSA) is 73.1 Å². The summed E-state index contributed by atoms with van der Waals surface area (Å²) in [7, 11) is 1.65. The van der Waals surface area contributed by atoms with Crippen molar-refractivity contribution in [1.82, 2.24) is 9.97 Å². The summed E-state index contributed by atoms with van der Waals surface area (Å²) in [6, 6.07) is 5.81. The van der Waals surface area contributed by atoms with Gasteiger partial charge in [-0.25, -0.2) is 4.98 Å². The van der Waals surface area contributed by atoms with Gasteiger partial charge in [-0.15, -0.1) is 0 Å². The third kappa shape index (κ3) is 2.51. The van der Waals surface area contributed by atoms with E-state index >= 15 is 0 Å². The van der Waals surface area contributed by atoms with Crippen LogP contribution in [-0.2, 0) is 0 Å². The fourth-order valence-electron chi connectivity index (χ4n) is 1.61. The second-order valence-electron chi connectivity index (χ2n) is 4.07. The summed E-state index contributed by atoms with van der Waals surface area (Å²) in [5, 5.41) is 3.25. The summed E-state index contributed by atoms with van der Waals surface area (Å²) in [6.07, 6.45) is 1.70. The van der Waals surface area contributed by atoms with Gasteiger partial charge in [0.15, 0.2) is 0 Å². The fourth-order valence-corrected chi connectivity index (χ4v) is 1.61. The molecular weight excluding hydrogens is 228 g/mol. The lowest BCUT2D eigenvalue weighted by molar-refractivity contribution is 0.414. The van der Waals surface area contributed by atoms with Gasteiger partial charge in [-0.1, -0.05) is 0 Å². The third-order valence-electron chi connectivity index (χ3n) is 2.68. The van der Waals surface area contributed by atoms with Gasteiger partial charge in [0.05, 0.1) is 7.11 Å². The summed E-state index contributed by atoms with van der Waals surface area (Å²) < 4.78 is 5.17. The molecule has 0 amide bonds. The van der Waals surface area contributed by atoms with E-state index in [9.17, 15) is 0 Å². The predicted octanol–water partition coefficient (Wildman–Crippen LogP) is 2.43. The van der Waals surface area contributed by atoms with Crippen LogP contribution in [-0.4, -0.2) is 17.1 Å². The van der Waals surface area contributed by atoms with Crippen molar-refractivity contribution < 1.29 is 4.74 Å². The second-order valence-corrected chi connectivity index (χ2v) is 4.07. The second kappa shape index (κ2) is 4.91. The van der Waals surface area contributed by atoms with Crippen LogP contribution in [0.4, 0.5) is 17.5 Å². The molecule has 0 aliphatic heterocycles. The van der Waals surface area contributed by atoms with Gasteiger partial charge in [-0.2, -0.15) is 4.98 Å². The maximum atomic E-state index is 5.58. The molecule has 0 saturated heterocycles. The van der Waals surface area contributed by atoms with Gasteiger partial charge in [0.25, 0.3) is 0 Å². The van der Waals surface area contributed by atoms with E-state index in [1.807, 2.05) is 32.0 Å². The van der Waals surface area contributed by atoms with Gasteiger partial charge in [0, 0.05) is 17.4 Å². The van der Waals surface area contributed by atoms with E-state index in [4.69, 9.17) is 10.5 Å². The molecule has 94 valence electrons. The SMILES string of the molecule is COc1ccc(Nc2nc(N)ncc2C)c(C)c1. The molecule has 18 heavy (non-hydrogen) atoms. The zero-order valence-electron chi connectivity index (χ0n) is 10.7. The van der Waals surface area contributed by atoms with Crippen molar-refractivity contribution in [2.75, 3.05) is 18.2 Å². The number of nitrogens with two attached hydrogens (primary N) is 1. The molecule has 0 unspecified atom stereocenters. The maximum Gasteiger partial charge on any atom is 0.221 e. The van der Waals surface area contributed by atoms with Crippen LogP contribution < -0.4 is 15.8 Å². The molecule has 0 radical (unpaired) electrons. The first-order chi connectivity index (χ1) is 8.60. The fraction of sp³-hybridized carbons (Fsp3) is 0.231. The molecule has 5 nitrogen and oxygen atoms in total. The van der Waals surface area contributed by atoms with Gasteiger partial charge in [0.1, 0.15) is 11.6 Å². The Hall–Kier alpha value is -2.30. The van der Waals surface area contributed by atoms with Crippen molar-refractivity contribution >= 4 is 17.5 Å². The van der Waals surface area contributed by atoms with E-state index < -0.39 is 0 Å². The summed E-state index contributed by atoms with van der Waals surface area (Å²) in [6.45, 7) is 3.94. The first-order valence-corrected chi connectivity index (χ1v) is 5.61. The molecule has 5 heteroatoms. The zero-order valence-corrected chi connectivity index (χ0v) is 10.7. The average Bonchev–Trinajstić information content (AvgIpc) is 2.36. The smallest absolute Gasteiger partial charge is 0.221 e. The Labute approximate surface area is 106 Å². The Bertz CT molecular complexity index is 569. The Balaban J connectivity index is 2.31. The molecule has 1 heterocycles. The number of ether oxygens (including phenoxy) is 1. The van der Waals surface area contributed by atoms with E-state index in [-0.39, 0.29) is 5.95 Å². The van der Waals surface area contributed by atoms with Gasteiger partial charge in [0.2, 0.25) is 5.95 Å². The summed E-state index contributed by atoms with van der Waals surface area (Å²) >= 11 is 0. The lowest BCUT2D eigenvalue weighted by Gasteiger charge is -2.12. The lowest BCUT2D eigenvalue weighted by atomic mass is 10.2. The number of nitrogen functional groups attached to an aromatic ring is 1. The first kappa shape index (κ1) is 12.2. The molecule has 0 aliphatic carbocycles. The minimum absolute atomic E-state index is 0.259. The summed E-state index contributed by atoms with van der Waals surface area (Å²) in [5.41, 5.74) is 8.57. The Morgan fingerprint density at radius 2 is 2.00 bits per heavy atom. The van der Waals surface area contributed by atoms with Crippen LogP contribution >= 0.6 is 0 Å². The molecule has 0 bridgehead atoms. The van der Waals surface area contributed by atoms with Crippen LogP contribution in [0.2, 0.25) is 0 Å². The van der Waals surface area contributed by atoms with Crippen molar-refractivity contribution in [2.45, 2.75) is 13.8 Å². The number of aromatic nitrogens is 2. The Morgan fingerprint density at radius 3 is 2.67 bits per heavy atom. The van der Waals surface area contributed by atoms with Crippen molar-refractivity contribution in [3.05, 3.63) is 35.5 Å². The van der Waals surface area contributed by atoms with E-state index in [0.29, 0.717) is 0 Å². The van der Waals surface area contributed by atoms with Crippen LogP contribution in [0.3, 0.4) is 0 Å². The first-order valence-electron chi connectivity index (χ1n) is 5.61. The molecular formula is C13H16N4O. The monoisotopic (exact) mass is 244 g/mol. The zero-order chi connectivity index (χ0) is 13.1. The van der Waals surface area contributed by atoms with Gasteiger partial charge < -0.3 is 15.8 Å². The average molecular weight is 244 g/mol. The molecule has 1 aromatic carbocycles. The van der Waals surface area contributed by atoms with Crippen molar-refractivity contribution in [3.8, 4) is 5.75 Å². The highest BCUT2D eigenvalue weighted by Gasteiger charge is 2.05. The van der Waals surface area contributed by atoms with Crippen molar-refractivity contribution in [1.29, 1.82) is 0 Å². The van der Waals surface area contributed by atoms with Crippen molar-refractivity contribution in [3.63, 3.8) is 0 Å². The minimum atomic E-state index is 0.259. The quantitative estimate of drug-likeness (QED) is 0.867. The number of rotatable bonds is 3. The van der Waals surface area contributed by atoms with Crippen LogP contribution in [0.1, 0.15) is 11.1 Å². The van der Waals surface area contributed by atoms with Gasteiger partial charge >= 0.3 is 0 Å². The van der Waals surface area contributed by atoms with E-state index in [1.54, 1.807) is 13.3 Å². The number of hydrogen-bond acceptors (Lipinski definition) is 5. The highest BCUT2D eigenvalue weighted by molar-refractivity contribution is 5.64. The van der Waals surface area contributed by atoms with Crippen LogP contribution in [0.15, 0.2) is 24.4 Å². The van der Waals surface area contributed by atoms with Crippen LogP contribution in [0.5, 0.6) is 5.75 Å². The largest absolute Gasteiger partial charge is 0.497 e. The molecule has 0 atom stereocenters. The Kier molecular flexibility index (Phi) is 3.32. The highest BCUT2D eigenvalue weighted by Crippen LogP contribution is 2.25. The van der Waals surface area contributed by atoms with Crippen LogP contribution in [0.25, 0.3) is 0 Å². The van der Waals surface area contributed by atoms with E-state index in [1.165, 1.54) is 0 Å². The molecule has 0 aliphatic rings. The van der Waals surface area contributed by atoms with Gasteiger partial charge in [-0.3, -0.25) is 0 Å². The van der Waals surface area contributed by atoms with Gasteiger partial charge in [-0.05, 0) is 37.6 Å². The van der Waals surface area contributed by atoms with E-state index in [0.717, 1.165) is 28.4 Å². The standard InChI is InChI=1S/C13H16N4O/c1-8-6-10(18-3)4-5-11(8)16-12-9(2)7-15-13(14)17-12/h4-7H,1-3H3,(H3,14,15,16,17). The number of aryl methyl sites for hydroxylation is 2. The summed E-state index contributed by atoms with van der Waals surface area (Å²) in [5.74, 6) is 1.81. The Morgan fingerprint density at radius 1 is 1.22 bits per heavy atom. The number of anilines is 3. The van der Waals surface area contributed by atoms with Crippen molar-refractivity contribution in [2.24, 2.45) is 0 Å². The normalized spacial score (nSPS) is 10.2. The van der Waals surface area contributed by atoms with E-state index in [2.05, 4.69) is 15.3 Å². The van der Waals surface area contributed by atoms with Crippen LogP contribution in [0, 0.1) is 13.8 Å². The minimum Gasteiger partial charge on any atom is -0.497 e. The number of nitrogens with zero attached hydrogens (tertiary/aromatic N) is 2. The molecule has 0 fully saturated rings. The predicted molar refractivity (Wildman–Crippen MR) is 72.2 cm³/mol. The number of nitrogens with one attached hydrogen (secondary N) is 1. The molecule has 2 rings (SSSR count). The molecule has 1 aromatic heterocycles. The third-order valence-corrected chi connectivity index (χ3v) is 2.68.